The van der Waals surface area contributed by atoms with Crippen molar-refractivity contribution in [2.45, 2.75) is 0 Å². The summed E-state index contributed by atoms with van der Waals surface area (Å²) in [6.45, 7) is -0.351. The van der Waals surface area contributed by atoms with Gasteiger partial charge in [-0.1, -0.05) is 78.9 Å². The van der Waals surface area contributed by atoms with Crippen LogP contribution in [0.2, 0.25) is 0 Å². The van der Waals surface area contributed by atoms with E-state index in [1.807, 2.05) is 60.7 Å². The highest BCUT2D eigenvalue weighted by atomic mass is 16.5. The van der Waals surface area contributed by atoms with Crippen LogP contribution < -0.4 is 0 Å². The smallest absolute Gasteiger partial charge is 0.338 e. The van der Waals surface area contributed by atoms with E-state index in [1.54, 1.807) is 36.4 Å². The molecule has 1 aliphatic rings. The summed E-state index contributed by atoms with van der Waals surface area (Å²) in [6.07, 6.45) is 0. The number of hydrogen-bond acceptors (Lipinski definition) is 4. The van der Waals surface area contributed by atoms with E-state index in [1.165, 1.54) is 0 Å². The van der Waals surface area contributed by atoms with Gasteiger partial charge in [0, 0.05) is 16.7 Å². The van der Waals surface area contributed by atoms with Gasteiger partial charge >= 0.3 is 5.97 Å². The van der Waals surface area contributed by atoms with Crippen LogP contribution in [-0.4, -0.2) is 24.1 Å². The van der Waals surface area contributed by atoms with E-state index < -0.39 is 5.97 Å². The Balaban J connectivity index is 1.28. The molecule has 0 saturated carbocycles. The highest BCUT2D eigenvalue weighted by molar-refractivity contribution is 6.22. The number of fused-ring (bicyclic) bond motifs is 3. The lowest BCUT2D eigenvalue weighted by atomic mass is 10.0. The number of Topliss-reactive ketones (excluding diaryl/α,β-unsaturated/α-hetero) is 1. The fourth-order valence-electron chi connectivity index (χ4n) is 3.93. The summed E-state index contributed by atoms with van der Waals surface area (Å²) < 4.78 is 5.26. The average molecular weight is 418 g/mol. The van der Waals surface area contributed by atoms with Crippen LogP contribution in [0.5, 0.6) is 0 Å². The third-order valence-corrected chi connectivity index (χ3v) is 5.61. The van der Waals surface area contributed by atoms with Crippen LogP contribution in [0.4, 0.5) is 0 Å². The summed E-state index contributed by atoms with van der Waals surface area (Å²) in [5.41, 5.74) is 5.56. The zero-order chi connectivity index (χ0) is 22.1. The normalized spacial score (nSPS) is 11.6. The van der Waals surface area contributed by atoms with Crippen molar-refractivity contribution in [2.75, 3.05) is 6.61 Å². The zero-order valence-corrected chi connectivity index (χ0v) is 17.1. The molecular weight excluding hydrogens is 400 g/mol. The molecule has 0 saturated heterocycles. The Morgan fingerprint density at radius 3 is 1.94 bits per heavy atom. The van der Waals surface area contributed by atoms with Crippen LogP contribution >= 0.6 is 0 Å². The van der Waals surface area contributed by atoms with Crippen molar-refractivity contribution in [3.8, 4) is 22.3 Å². The molecule has 0 N–H and O–H groups in total. The Hall–Kier alpha value is -4.31. The minimum absolute atomic E-state index is 0.0513. The lowest BCUT2D eigenvalue weighted by Gasteiger charge is -2.07. The fraction of sp³-hybridized carbons (Fsp3) is 0.0357. The second kappa shape index (κ2) is 8.08. The standard InChI is InChI=1S/C28H18O4/c29-26(20-12-10-19(11-13-20)18-6-2-1-3-7-18)17-32-28(31)21-14-15-24-25(16-21)22-8-4-5-9-23(22)27(24)30/h1-16H,17H2. The van der Waals surface area contributed by atoms with Crippen LogP contribution in [0.3, 0.4) is 0 Å². The number of ether oxygens (including phenoxy) is 1. The molecule has 0 aliphatic heterocycles. The van der Waals surface area contributed by atoms with Crippen LogP contribution in [0.1, 0.15) is 36.6 Å². The largest absolute Gasteiger partial charge is 0.454 e. The first-order valence-electron chi connectivity index (χ1n) is 10.3. The number of esters is 1. The Morgan fingerprint density at radius 1 is 0.594 bits per heavy atom. The third kappa shape index (κ3) is 3.52. The number of carbonyl (C=O) groups excluding carboxylic acids is 3. The molecule has 0 spiro atoms. The van der Waals surface area contributed by atoms with Gasteiger partial charge < -0.3 is 4.74 Å². The molecule has 4 aromatic rings. The van der Waals surface area contributed by atoms with E-state index >= 15 is 0 Å². The minimum atomic E-state index is -0.598. The minimum Gasteiger partial charge on any atom is -0.454 e. The summed E-state index contributed by atoms with van der Waals surface area (Å²) in [5.74, 6) is -0.928. The van der Waals surface area contributed by atoms with Crippen molar-refractivity contribution in [1.82, 2.24) is 0 Å². The molecule has 0 unspecified atom stereocenters. The van der Waals surface area contributed by atoms with Crippen LogP contribution in [0.15, 0.2) is 97.1 Å². The molecule has 154 valence electrons. The fourth-order valence-corrected chi connectivity index (χ4v) is 3.93. The van der Waals surface area contributed by atoms with Crippen molar-refractivity contribution >= 4 is 17.5 Å². The second-order valence-electron chi connectivity index (χ2n) is 7.58. The lowest BCUT2D eigenvalue weighted by molar-refractivity contribution is 0.0474. The maximum Gasteiger partial charge on any atom is 0.338 e. The number of ketones is 2. The van der Waals surface area contributed by atoms with E-state index in [0.29, 0.717) is 27.8 Å². The van der Waals surface area contributed by atoms with E-state index in [2.05, 4.69) is 0 Å². The summed E-state index contributed by atoms with van der Waals surface area (Å²) in [7, 11) is 0. The molecule has 0 aromatic heterocycles. The number of hydrogen-bond donors (Lipinski definition) is 0. The Morgan fingerprint density at radius 2 is 1.19 bits per heavy atom. The molecule has 5 rings (SSSR count). The van der Waals surface area contributed by atoms with Crippen molar-refractivity contribution in [3.05, 3.63) is 119 Å². The summed E-state index contributed by atoms with van der Waals surface area (Å²) in [6, 6.07) is 29.2. The SMILES string of the molecule is O=C(COC(=O)c1ccc2c(c1)-c1ccccc1C2=O)c1ccc(-c2ccccc2)cc1. The van der Waals surface area contributed by atoms with Gasteiger partial charge in [-0.05, 0) is 40.5 Å². The maximum absolute atomic E-state index is 12.6. The van der Waals surface area contributed by atoms with Gasteiger partial charge in [-0.2, -0.15) is 0 Å². The van der Waals surface area contributed by atoms with E-state index in [-0.39, 0.29) is 18.2 Å². The first kappa shape index (κ1) is 19.6. The molecule has 1 aliphatic carbocycles. The van der Waals surface area contributed by atoms with Crippen molar-refractivity contribution < 1.29 is 19.1 Å². The average Bonchev–Trinajstić information content (AvgIpc) is 3.14. The zero-order valence-electron chi connectivity index (χ0n) is 17.1. The van der Waals surface area contributed by atoms with Gasteiger partial charge in [-0.3, -0.25) is 9.59 Å². The van der Waals surface area contributed by atoms with Gasteiger partial charge in [-0.25, -0.2) is 4.79 Å². The molecule has 0 bridgehead atoms. The molecule has 0 amide bonds. The Bertz CT molecular complexity index is 1350. The van der Waals surface area contributed by atoms with Crippen LogP contribution in [0, 0.1) is 0 Å². The third-order valence-electron chi connectivity index (χ3n) is 5.61. The monoisotopic (exact) mass is 418 g/mol. The highest BCUT2D eigenvalue weighted by Crippen LogP contribution is 2.36. The molecule has 0 heterocycles. The summed E-state index contributed by atoms with van der Waals surface area (Å²) >= 11 is 0. The summed E-state index contributed by atoms with van der Waals surface area (Å²) in [4.78, 5) is 37.5. The first-order chi connectivity index (χ1) is 15.6. The Kier molecular flexibility index (Phi) is 4.96. The summed E-state index contributed by atoms with van der Waals surface area (Å²) in [5, 5.41) is 0. The van der Waals surface area contributed by atoms with Crippen LogP contribution in [0.25, 0.3) is 22.3 Å². The van der Waals surface area contributed by atoms with Crippen molar-refractivity contribution in [1.29, 1.82) is 0 Å². The van der Waals surface area contributed by atoms with Gasteiger partial charge in [0.15, 0.2) is 18.2 Å². The van der Waals surface area contributed by atoms with E-state index in [0.717, 1.165) is 16.7 Å². The Labute approximate surface area is 185 Å². The molecular formula is C28H18O4. The molecule has 0 fully saturated rings. The molecule has 32 heavy (non-hydrogen) atoms. The van der Waals surface area contributed by atoms with Crippen molar-refractivity contribution in [2.24, 2.45) is 0 Å². The van der Waals surface area contributed by atoms with Gasteiger partial charge in [0.05, 0.1) is 5.56 Å². The number of benzene rings is 4. The maximum atomic E-state index is 12.6. The first-order valence-corrected chi connectivity index (χ1v) is 10.3. The van der Waals surface area contributed by atoms with Gasteiger partial charge in [0.1, 0.15) is 0 Å². The van der Waals surface area contributed by atoms with Gasteiger partial charge in [0.25, 0.3) is 0 Å². The molecule has 4 nitrogen and oxygen atoms in total. The van der Waals surface area contributed by atoms with Gasteiger partial charge in [0.2, 0.25) is 0 Å². The van der Waals surface area contributed by atoms with Crippen molar-refractivity contribution in [3.63, 3.8) is 0 Å². The predicted molar refractivity (Wildman–Crippen MR) is 122 cm³/mol. The highest BCUT2D eigenvalue weighted by Gasteiger charge is 2.27. The molecule has 0 radical (unpaired) electrons. The van der Waals surface area contributed by atoms with E-state index in [4.69, 9.17) is 4.74 Å². The van der Waals surface area contributed by atoms with E-state index in [9.17, 15) is 14.4 Å². The van der Waals surface area contributed by atoms with Gasteiger partial charge in [-0.15, -0.1) is 0 Å². The predicted octanol–water partition coefficient (Wildman–Crippen LogP) is 5.60. The quantitative estimate of drug-likeness (QED) is 0.275. The topological polar surface area (TPSA) is 60.4 Å². The lowest BCUT2D eigenvalue weighted by Crippen LogP contribution is -2.14. The number of carbonyl (C=O) groups is 3. The molecule has 4 aromatic carbocycles. The second-order valence-corrected chi connectivity index (χ2v) is 7.58. The molecule has 4 heteroatoms. The van der Waals surface area contributed by atoms with Crippen LogP contribution in [-0.2, 0) is 4.74 Å². The molecule has 0 atom stereocenters. The number of rotatable bonds is 5.